The number of benzene rings is 2. The van der Waals surface area contributed by atoms with Crippen molar-refractivity contribution in [3.05, 3.63) is 70.6 Å². The Labute approximate surface area is 163 Å². The lowest BCUT2D eigenvalue weighted by molar-refractivity contribution is 0.0606. The molecule has 3 aromatic rings. The molecule has 0 unspecified atom stereocenters. The second-order valence-electron chi connectivity index (χ2n) is 5.64. The number of hydrogen-bond donors (Lipinski definition) is 1. The van der Waals surface area contributed by atoms with E-state index < -0.39 is 29.1 Å². The van der Waals surface area contributed by atoms with Crippen molar-refractivity contribution in [1.29, 1.82) is 0 Å². The number of thiophene rings is 1. The fourth-order valence-corrected chi connectivity index (χ4v) is 3.48. The molecule has 8 heteroatoms. The predicted molar refractivity (Wildman–Crippen MR) is 102 cm³/mol. The van der Waals surface area contributed by atoms with E-state index in [0.717, 1.165) is 29.0 Å². The molecule has 0 aliphatic heterocycles. The third kappa shape index (κ3) is 3.86. The Balaban J connectivity index is 1.83. The van der Waals surface area contributed by atoms with E-state index in [1.807, 2.05) is 0 Å². The van der Waals surface area contributed by atoms with Crippen molar-refractivity contribution in [2.24, 2.45) is 0 Å². The number of carbonyl (C=O) groups is 2. The lowest BCUT2D eigenvalue weighted by atomic mass is 10.1. The normalized spacial score (nSPS) is 10.4. The Bertz CT molecular complexity index is 1010. The molecule has 0 spiro atoms. The number of amides is 1. The van der Waals surface area contributed by atoms with Gasteiger partial charge in [-0.1, -0.05) is 29.5 Å². The van der Waals surface area contributed by atoms with Gasteiger partial charge in [0.15, 0.2) is 5.06 Å². The van der Waals surface area contributed by atoms with Gasteiger partial charge in [-0.05, 0) is 35.9 Å². The van der Waals surface area contributed by atoms with Gasteiger partial charge in [-0.15, -0.1) is 0 Å². The van der Waals surface area contributed by atoms with Crippen LogP contribution in [0.25, 0.3) is 11.1 Å². The monoisotopic (exact) mass is 403 g/mol. The van der Waals surface area contributed by atoms with Crippen LogP contribution in [0.4, 0.5) is 14.5 Å². The first-order chi connectivity index (χ1) is 13.4. The molecule has 5 nitrogen and oxygen atoms in total. The first-order valence-electron chi connectivity index (χ1n) is 8.06. The molecule has 1 N–H and O–H groups in total. The summed E-state index contributed by atoms with van der Waals surface area (Å²) in [6, 6.07) is 11.4. The molecule has 1 heterocycles. The number of halogens is 2. The van der Waals surface area contributed by atoms with E-state index in [1.165, 1.54) is 20.3 Å². The molecule has 0 saturated carbocycles. The fraction of sp³-hybridized carbons (Fsp3) is 0.100. The van der Waals surface area contributed by atoms with Crippen molar-refractivity contribution in [2.75, 3.05) is 19.5 Å². The van der Waals surface area contributed by atoms with E-state index in [2.05, 4.69) is 5.32 Å². The second-order valence-corrected chi connectivity index (χ2v) is 6.65. The van der Waals surface area contributed by atoms with Gasteiger partial charge < -0.3 is 14.8 Å². The Morgan fingerprint density at radius 2 is 1.64 bits per heavy atom. The number of carbonyl (C=O) groups excluding carboxylic acids is 2. The van der Waals surface area contributed by atoms with Crippen molar-refractivity contribution in [2.45, 2.75) is 0 Å². The molecule has 2 aromatic carbocycles. The highest BCUT2D eigenvalue weighted by Crippen LogP contribution is 2.38. The number of methoxy groups -OCH3 is 2. The fourth-order valence-electron chi connectivity index (χ4n) is 2.57. The van der Waals surface area contributed by atoms with Gasteiger partial charge in [-0.2, -0.15) is 0 Å². The number of hydrogen-bond acceptors (Lipinski definition) is 5. The van der Waals surface area contributed by atoms with Gasteiger partial charge in [-0.3, -0.25) is 4.79 Å². The maximum atomic E-state index is 13.7. The van der Waals surface area contributed by atoms with Gasteiger partial charge in [0.2, 0.25) is 0 Å². The SMILES string of the molecule is COC(=O)c1cc(-c2ccc(NC(=O)c3c(F)cccc3F)cc2)c(OC)s1. The smallest absolute Gasteiger partial charge is 0.348 e. The van der Waals surface area contributed by atoms with Crippen molar-refractivity contribution >= 4 is 28.9 Å². The molecule has 0 aliphatic rings. The minimum Gasteiger partial charge on any atom is -0.487 e. The van der Waals surface area contributed by atoms with Crippen molar-refractivity contribution in [1.82, 2.24) is 0 Å². The van der Waals surface area contributed by atoms with E-state index in [4.69, 9.17) is 9.47 Å². The molecule has 3 rings (SSSR count). The largest absolute Gasteiger partial charge is 0.487 e. The van der Waals surface area contributed by atoms with E-state index in [0.29, 0.717) is 21.2 Å². The van der Waals surface area contributed by atoms with Crippen LogP contribution in [0.1, 0.15) is 20.0 Å². The topological polar surface area (TPSA) is 64.6 Å². The summed E-state index contributed by atoms with van der Waals surface area (Å²) >= 11 is 1.15. The minimum absolute atomic E-state index is 0.360. The Morgan fingerprint density at radius 1 is 1.00 bits per heavy atom. The average molecular weight is 403 g/mol. The zero-order valence-electron chi connectivity index (χ0n) is 14.9. The van der Waals surface area contributed by atoms with Crippen molar-refractivity contribution < 1.29 is 27.8 Å². The highest BCUT2D eigenvalue weighted by atomic mass is 32.1. The highest BCUT2D eigenvalue weighted by Gasteiger charge is 2.19. The molecule has 0 saturated heterocycles. The van der Waals surface area contributed by atoms with Crippen LogP contribution in [-0.2, 0) is 4.74 Å². The molecule has 0 aliphatic carbocycles. The molecule has 0 radical (unpaired) electrons. The Hall–Kier alpha value is -3.26. The quantitative estimate of drug-likeness (QED) is 0.625. The van der Waals surface area contributed by atoms with Gasteiger partial charge >= 0.3 is 5.97 Å². The zero-order chi connectivity index (χ0) is 20.3. The van der Waals surface area contributed by atoms with E-state index >= 15 is 0 Å². The number of rotatable bonds is 5. The number of ether oxygens (including phenoxy) is 2. The van der Waals surface area contributed by atoms with Gasteiger partial charge in [-0.25, -0.2) is 13.6 Å². The maximum absolute atomic E-state index is 13.7. The molecule has 0 bridgehead atoms. The highest BCUT2D eigenvalue weighted by molar-refractivity contribution is 7.16. The molecular formula is C20H15F2NO4S. The summed E-state index contributed by atoms with van der Waals surface area (Å²) < 4.78 is 37.5. The summed E-state index contributed by atoms with van der Waals surface area (Å²) in [5.74, 6) is -3.23. The average Bonchev–Trinajstić information content (AvgIpc) is 3.12. The van der Waals surface area contributed by atoms with Gasteiger partial charge in [0.1, 0.15) is 22.1 Å². The predicted octanol–water partition coefficient (Wildman–Crippen LogP) is 4.74. The van der Waals surface area contributed by atoms with Gasteiger partial charge in [0.25, 0.3) is 5.91 Å². The van der Waals surface area contributed by atoms with E-state index in [1.54, 1.807) is 30.3 Å². The van der Waals surface area contributed by atoms with Crippen LogP contribution >= 0.6 is 11.3 Å². The lowest BCUT2D eigenvalue weighted by Crippen LogP contribution is -2.15. The second kappa shape index (κ2) is 8.18. The molecule has 28 heavy (non-hydrogen) atoms. The van der Waals surface area contributed by atoms with Gasteiger partial charge in [0.05, 0.1) is 14.2 Å². The third-order valence-corrected chi connectivity index (χ3v) is 4.99. The van der Waals surface area contributed by atoms with Crippen molar-refractivity contribution in [3.63, 3.8) is 0 Å². The molecule has 0 fully saturated rings. The number of nitrogens with one attached hydrogen (secondary N) is 1. The number of esters is 1. The summed E-state index contributed by atoms with van der Waals surface area (Å²) in [5, 5.41) is 2.99. The third-order valence-electron chi connectivity index (χ3n) is 3.91. The summed E-state index contributed by atoms with van der Waals surface area (Å²) in [7, 11) is 2.79. The van der Waals surface area contributed by atoms with Crippen LogP contribution < -0.4 is 10.1 Å². The van der Waals surface area contributed by atoms with Crippen LogP contribution in [0.2, 0.25) is 0 Å². The molecule has 1 amide bonds. The van der Waals surface area contributed by atoms with Crippen LogP contribution in [-0.4, -0.2) is 26.1 Å². The van der Waals surface area contributed by atoms with E-state index in [9.17, 15) is 18.4 Å². The zero-order valence-corrected chi connectivity index (χ0v) is 15.7. The maximum Gasteiger partial charge on any atom is 0.348 e. The molecule has 0 atom stereocenters. The Kier molecular flexibility index (Phi) is 5.70. The van der Waals surface area contributed by atoms with Crippen molar-refractivity contribution in [3.8, 4) is 16.2 Å². The first kappa shape index (κ1) is 19.5. The minimum atomic E-state index is -0.938. The van der Waals surface area contributed by atoms with Crippen LogP contribution in [0.3, 0.4) is 0 Å². The van der Waals surface area contributed by atoms with E-state index in [-0.39, 0.29) is 0 Å². The lowest BCUT2D eigenvalue weighted by Gasteiger charge is -2.08. The summed E-state index contributed by atoms with van der Waals surface area (Å²) in [4.78, 5) is 24.3. The Morgan fingerprint density at radius 3 is 2.21 bits per heavy atom. The summed E-state index contributed by atoms with van der Waals surface area (Å²) in [6.07, 6.45) is 0. The summed E-state index contributed by atoms with van der Waals surface area (Å²) in [6.45, 7) is 0. The van der Waals surface area contributed by atoms with Crippen LogP contribution in [0.15, 0.2) is 48.5 Å². The molecular weight excluding hydrogens is 388 g/mol. The van der Waals surface area contributed by atoms with Crippen LogP contribution in [0, 0.1) is 11.6 Å². The summed E-state index contributed by atoms with van der Waals surface area (Å²) in [5.41, 5.74) is 1.14. The first-order valence-corrected chi connectivity index (χ1v) is 8.88. The number of anilines is 1. The van der Waals surface area contributed by atoms with Crippen LogP contribution in [0.5, 0.6) is 5.06 Å². The molecule has 1 aromatic heterocycles. The van der Waals surface area contributed by atoms with Gasteiger partial charge in [0, 0.05) is 11.3 Å². The standard InChI is InChI=1S/C20H15F2NO4S/c1-26-19(25)16-10-13(20(27-2)28-16)11-6-8-12(9-7-11)23-18(24)17-14(21)4-3-5-15(17)22/h3-10H,1-2H3,(H,23,24). The molecule has 144 valence electrons.